The number of hydrogen-bond acceptors (Lipinski definition) is 3. The van der Waals surface area contributed by atoms with Gasteiger partial charge >= 0.3 is 0 Å². The molecule has 16 heavy (non-hydrogen) atoms. The molecule has 0 aliphatic carbocycles. The van der Waals surface area contributed by atoms with E-state index in [1.54, 1.807) is 6.07 Å². The zero-order valence-electron chi connectivity index (χ0n) is 9.91. The summed E-state index contributed by atoms with van der Waals surface area (Å²) in [5.74, 6) is 0.946. The van der Waals surface area contributed by atoms with E-state index < -0.39 is 0 Å². The lowest BCUT2D eigenvalue weighted by Crippen LogP contribution is -2.26. The Morgan fingerprint density at radius 3 is 2.69 bits per heavy atom. The molecule has 1 aromatic rings. The highest BCUT2D eigenvalue weighted by molar-refractivity contribution is 6.29. The number of aromatic nitrogens is 2. The molecule has 0 saturated carbocycles. The minimum Gasteiger partial charge on any atom is -0.355 e. The molecular formula is C12H18ClN3. The van der Waals surface area contributed by atoms with Gasteiger partial charge in [-0.1, -0.05) is 25.4 Å². The average Bonchev–Trinajstić information content (AvgIpc) is 2.41. The van der Waals surface area contributed by atoms with Crippen molar-refractivity contribution >= 4 is 17.4 Å². The van der Waals surface area contributed by atoms with Gasteiger partial charge in [0.1, 0.15) is 0 Å². The quantitative estimate of drug-likeness (QED) is 0.754. The largest absolute Gasteiger partial charge is 0.355 e. The van der Waals surface area contributed by atoms with E-state index in [1.165, 1.54) is 19.3 Å². The van der Waals surface area contributed by atoms with Gasteiger partial charge in [-0.25, -0.2) is 0 Å². The van der Waals surface area contributed by atoms with Gasteiger partial charge in [0.05, 0.1) is 0 Å². The lowest BCUT2D eigenvalue weighted by Gasteiger charge is -2.23. The first-order chi connectivity index (χ1) is 7.57. The van der Waals surface area contributed by atoms with Crippen molar-refractivity contribution in [3.8, 4) is 0 Å². The topological polar surface area (TPSA) is 29.0 Å². The van der Waals surface area contributed by atoms with Crippen molar-refractivity contribution in [1.29, 1.82) is 0 Å². The smallest absolute Gasteiger partial charge is 0.151 e. The van der Waals surface area contributed by atoms with Crippen molar-refractivity contribution < 1.29 is 0 Å². The van der Waals surface area contributed by atoms with Crippen LogP contribution in [0.15, 0.2) is 12.1 Å². The Hall–Kier alpha value is -0.830. The zero-order chi connectivity index (χ0) is 11.6. The molecule has 0 bridgehead atoms. The molecule has 1 aliphatic rings. The van der Waals surface area contributed by atoms with Gasteiger partial charge in [-0.05, 0) is 36.8 Å². The first kappa shape index (κ1) is 11.6. The second-order valence-corrected chi connectivity index (χ2v) is 5.61. The van der Waals surface area contributed by atoms with E-state index >= 15 is 0 Å². The molecule has 2 heterocycles. The molecule has 0 radical (unpaired) electrons. The summed E-state index contributed by atoms with van der Waals surface area (Å²) in [5, 5.41) is 8.49. The van der Waals surface area contributed by atoms with Crippen molar-refractivity contribution in [2.75, 3.05) is 18.0 Å². The summed E-state index contributed by atoms with van der Waals surface area (Å²) in [4.78, 5) is 2.30. The first-order valence-corrected chi connectivity index (χ1v) is 6.19. The van der Waals surface area contributed by atoms with Crippen LogP contribution >= 0.6 is 11.6 Å². The van der Waals surface area contributed by atoms with Crippen molar-refractivity contribution in [3.63, 3.8) is 0 Å². The molecule has 0 N–H and O–H groups in total. The second kappa shape index (κ2) is 4.58. The van der Waals surface area contributed by atoms with E-state index in [4.69, 9.17) is 11.6 Å². The molecule has 1 aliphatic heterocycles. The molecule has 0 amide bonds. The predicted octanol–water partition coefficient (Wildman–Crippen LogP) is 3.15. The van der Waals surface area contributed by atoms with Crippen molar-refractivity contribution in [3.05, 3.63) is 17.3 Å². The molecule has 88 valence electrons. The van der Waals surface area contributed by atoms with Crippen LogP contribution in [0.3, 0.4) is 0 Å². The maximum absolute atomic E-state index is 5.74. The maximum atomic E-state index is 5.74. The number of rotatable bonds is 1. The van der Waals surface area contributed by atoms with Crippen LogP contribution in [0.5, 0.6) is 0 Å². The summed E-state index contributed by atoms with van der Waals surface area (Å²) < 4.78 is 0. The molecular weight excluding hydrogens is 222 g/mol. The average molecular weight is 240 g/mol. The Morgan fingerprint density at radius 2 is 2.00 bits per heavy atom. The van der Waals surface area contributed by atoms with Crippen LogP contribution in [0.1, 0.15) is 33.1 Å². The summed E-state index contributed by atoms with van der Waals surface area (Å²) in [6.45, 7) is 6.80. The van der Waals surface area contributed by atoms with Crippen LogP contribution in [0.2, 0.25) is 5.15 Å². The second-order valence-electron chi connectivity index (χ2n) is 5.22. The van der Waals surface area contributed by atoms with E-state index in [2.05, 4.69) is 28.9 Å². The van der Waals surface area contributed by atoms with Gasteiger partial charge < -0.3 is 4.90 Å². The fraction of sp³-hybridized carbons (Fsp3) is 0.667. The monoisotopic (exact) mass is 239 g/mol. The zero-order valence-corrected chi connectivity index (χ0v) is 10.7. The third-order valence-electron chi connectivity index (χ3n) is 3.28. The van der Waals surface area contributed by atoms with Crippen LogP contribution in [0.25, 0.3) is 0 Å². The molecule has 1 aromatic heterocycles. The molecule has 3 nitrogen and oxygen atoms in total. The van der Waals surface area contributed by atoms with Crippen molar-refractivity contribution in [1.82, 2.24) is 10.2 Å². The van der Waals surface area contributed by atoms with Gasteiger partial charge in [0, 0.05) is 13.1 Å². The van der Waals surface area contributed by atoms with Gasteiger partial charge in [-0.3, -0.25) is 0 Å². The Morgan fingerprint density at radius 1 is 1.19 bits per heavy atom. The predicted molar refractivity (Wildman–Crippen MR) is 66.9 cm³/mol. The fourth-order valence-electron chi connectivity index (χ4n) is 2.13. The van der Waals surface area contributed by atoms with Crippen LogP contribution in [-0.4, -0.2) is 23.3 Å². The van der Waals surface area contributed by atoms with Gasteiger partial charge in [0.2, 0.25) is 0 Å². The van der Waals surface area contributed by atoms with Crippen LogP contribution in [-0.2, 0) is 0 Å². The molecule has 0 spiro atoms. The highest BCUT2D eigenvalue weighted by Crippen LogP contribution is 2.31. The Kier molecular flexibility index (Phi) is 3.33. The van der Waals surface area contributed by atoms with Gasteiger partial charge in [-0.15, -0.1) is 10.2 Å². The normalized spacial score (nSPS) is 20.6. The van der Waals surface area contributed by atoms with E-state index in [9.17, 15) is 0 Å². The Labute approximate surface area is 102 Å². The maximum Gasteiger partial charge on any atom is 0.151 e. The third-order valence-corrected chi connectivity index (χ3v) is 3.48. The molecule has 2 rings (SSSR count). The molecule has 0 atom stereocenters. The van der Waals surface area contributed by atoms with E-state index in [0.717, 1.165) is 18.9 Å². The van der Waals surface area contributed by atoms with E-state index in [1.807, 2.05) is 6.07 Å². The van der Waals surface area contributed by atoms with E-state index in [-0.39, 0.29) is 0 Å². The Bertz CT molecular complexity index is 348. The molecule has 0 unspecified atom stereocenters. The van der Waals surface area contributed by atoms with Crippen molar-refractivity contribution in [2.45, 2.75) is 33.1 Å². The summed E-state index contributed by atoms with van der Waals surface area (Å²) in [6, 6.07) is 3.76. The number of anilines is 1. The van der Waals surface area contributed by atoms with Crippen LogP contribution in [0.4, 0.5) is 5.82 Å². The molecule has 4 heteroatoms. The summed E-state index contributed by atoms with van der Waals surface area (Å²) >= 11 is 5.74. The summed E-state index contributed by atoms with van der Waals surface area (Å²) in [7, 11) is 0. The van der Waals surface area contributed by atoms with Crippen molar-refractivity contribution in [2.24, 2.45) is 5.41 Å². The summed E-state index contributed by atoms with van der Waals surface area (Å²) in [5.41, 5.74) is 0.453. The lowest BCUT2D eigenvalue weighted by molar-refractivity contribution is 0.325. The van der Waals surface area contributed by atoms with Gasteiger partial charge in [-0.2, -0.15) is 0 Å². The highest BCUT2D eigenvalue weighted by atomic mass is 35.5. The number of halogens is 1. The highest BCUT2D eigenvalue weighted by Gasteiger charge is 2.23. The van der Waals surface area contributed by atoms with Gasteiger partial charge in [0.25, 0.3) is 0 Å². The molecule has 1 saturated heterocycles. The SMILES string of the molecule is CC1(C)CCCN(c2ccc(Cl)nn2)CC1. The standard InChI is InChI=1S/C12H18ClN3/c1-12(2)6-3-8-16(9-7-12)11-5-4-10(13)14-15-11/h4-5H,3,6-9H2,1-2H3. The minimum atomic E-state index is 0.453. The number of nitrogens with zero attached hydrogens (tertiary/aromatic N) is 3. The number of hydrogen-bond donors (Lipinski definition) is 0. The summed E-state index contributed by atoms with van der Waals surface area (Å²) in [6.07, 6.45) is 3.71. The molecule has 0 aromatic carbocycles. The Balaban J connectivity index is 2.08. The van der Waals surface area contributed by atoms with Gasteiger partial charge in [0.15, 0.2) is 11.0 Å². The first-order valence-electron chi connectivity index (χ1n) is 5.81. The van der Waals surface area contributed by atoms with Crippen LogP contribution in [0, 0.1) is 5.41 Å². The minimum absolute atomic E-state index is 0.453. The third kappa shape index (κ3) is 2.85. The van der Waals surface area contributed by atoms with E-state index in [0.29, 0.717) is 10.6 Å². The molecule has 1 fully saturated rings. The fourth-order valence-corrected chi connectivity index (χ4v) is 2.23. The van der Waals surface area contributed by atoms with Crippen LogP contribution < -0.4 is 4.90 Å². The lowest BCUT2D eigenvalue weighted by atomic mass is 9.85.